The molecule has 2 rings (SSSR count). The van der Waals surface area contributed by atoms with Crippen molar-refractivity contribution in [3.05, 3.63) is 46.2 Å². The van der Waals surface area contributed by atoms with Gasteiger partial charge in [0.15, 0.2) is 11.5 Å². The number of hydrogen-bond donors (Lipinski definition) is 2. The molecule has 5 heteroatoms. The van der Waals surface area contributed by atoms with Crippen molar-refractivity contribution in [2.24, 2.45) is 5.84 Å². The van der Waals surface area contributed by atoms with Crippen molar-refractivity contribution in [3.8, 4) is 11.5 Å². The fourth-order valence-corrected chi connectivity index (χ4v) is 2.98. The van der Waals surface area contributed by atoms with E-state index in [-0.39, 0.29) is 6.04 Å². The van der Waals surface area contributed by atoms with Crippen molar-refractivity contribution < 1.29 is 9.47 Å². The summed E-state index contributed by atoms with van der Waals surface area (Å²) >= 11 is 1.76. The second-order valence-electron chi connectivity index (χ2n) is 4.42. The Labute approximate surface area is 123 Å². The van der Waals surface area contributed by atoms with E-state index < -0.39 is 0 Å². The number of ether oxygens (including phenoxy) is 2. The molecule has 0 saturated carbocycles. The van der Waals surface area contributed by atoms with Gasteiger partial charge in [0.05, 0.1) is 20.3 Å². The van der Waals surface area contributed by atoms with E-state index in [9.17, 15) is 0 Å². The molecule has 20 heavy (non-hydrogen) atoms. The number of aryl methyl sites for hydroxylation is 1. The van der Waals surface area contributed by atoms with Gasteiger partial charge in [-0.3, -0.25) is 11.3 Å². The Bertz CT molecular complexity index is 529. The smallest absolute Gasteiger partial charge is 0.165 e. The zero-order chi connectivity index (χ0) is 14.4. The van der Waals surface area contributed by atoms with E-state index in [2.05, 4.69) is 22.9 Å². The molecule has 0 spiro atoms. The van der Waals surface area contributed by atoms with Gasteiger partial charge >= 0.3 is 0 Å². The van der Waals surface area contributed by atoms with E-state index in [1.807, 2.05) is 18.2 Å². The molecule has 0 radical (unpaired) electrons. The van der Waals surface area contributed by atoms with Crippen molar-refractivity contribution in [2.45, 2.75) is 18.9 Å². The van der Waals surface area contributed by atoms with Crippen LogP contribution in [0, 0.1) is 0 Å². The van der Waals surface area contributed by atoms with Gasteiger partial charge in [-0.25, -0.2) is 0 Å². The van der Waals surface area contributed by atoms with Crippen LogP contribution in [-0.2, 0) is 6.42 Å². The third kappa shape index (κ3) is 3.30. The van der Waals surface area contributed by atoms with Gasteiger partial charge in [-0.15, -0.1) is 11.3 Å². The highest BCUT2D eigenvalue weighted by molar-refractivity contribution is 7.09. The van der Waals surface area contributed by atoms with Gasteiger partial charge in [0.1, 0.15) is 0 Å². The molecule has 1 heterocycles. The van der Waals surface area contributed by atoms with Crippen molar-refractivity contribution in [1.82, 2.24) is 5.43 Å². The molecule has 108 valence electrons. The Morgan fingerprint density at radius 1 is 1.20 bits per heavy atom. The summed E-state index contributed by atoms with van der Waals surface area (Å²) < 4.78 is 10.8. The molecule has 0 aliphatic rings. The summed E-state index contributed by atoms with van der Waals surface area (Å²) in [5.74, 6) is 7.18. The van der Waals surface area contributed by atoms with Gasteiger partial charge < -0.3 is 9.47 Å². The number of thiophene rings is 1. The van der Waals surface area contributed by atoms with Gasteiger partial charge in [-0.1, -0.05) is 18.2 Å². The summed E-state index contributed by atoms with van der Waals surface area (Å²) in [5, 5.41) is 2.09. The molecule has 1 aromatic carbocycles. The lowest BCUT2D eigenvalue weighted by Crippen LogP contribution is -2.28. The molecule has 0 amide bonds. The topological polar surface area (TPSA) is 56.5 Å². The second-order valence-corrected chi connectivity index (χ2v) is 5.45. The molecular weight excluding hydrogens is 272 g/mol. The quantitative estimate of drug-likeness (QED) is 0.608. The summed E-state index contributed by atoms with van der Waals surface area (Å²) in [5.41, 5.74) is 3.90. The SMILES string of the molecule is COc1cccc(C(CCc2cccs2)NN)c1OC. The predicted molar refractivity (Wildman–Crippen MR) is 82.3 cm³/mol. The van der Waals surface area contributed by atoms with Gasteiger partial charge in [-0.2, -0.15) is 0 Å². The predicted octanol–water partition coefficient (Wildman–Crippen LogP) is 2.90. The van der Waals surface area contributed by atoms with Crippen LogP contribution < -0.4 is 20.7 Å². The number of para-hydroxylation sites is 1. The van der Waals surface area contributed by atoms with E-state index in [0.29, 0.717) is 0 Å². The fraction of sp³-hybridized carbons (Fsp3) is 0.333. The normalized spacial score (nSPS) is 12.2. The van der Waals surface area contributed by atoms with E-state index in [1.54, 1.807) is 25.6 Å². The standard InChI is InChI=1S/C15H20N2O2S/c1-18-14-7-3-6-12(15(14)19-2)13(17-16)9-8-11-5-4-10-20-11/h3-7,10,13,17H,8-9,16H2,1-2H3. The molecule has 3 N–H and O–H groups in total. The highest BCUT2D eigenvalue weighted by Gasteiger charge is 2.18. The first kappa shape index (κ1) is 14.8. The molecule has 1 unspecified atom stereocenters. The maximum absolute atomic E-state index is 5.72. The molecule has 0 saturated heterocycles. The highest BCUT2D eigenvalue weighted by Crippen LogP contribution is 2.35. The Hall–Kier alpha value is -1.56. The van der Waals surface area contributed by atoms with Crippen molar-refractivity contribution in [3.63, 3.8) is 0 Å². The third-order valence-electron chi connectivity index (χ3n) is 3.27. The molecule has 0 aliphatic carbocycles. The first-order valence-corrected chi connectivity index (χ1v) is 7.37. The van der Waals surface area contributed by atoms with E-state index in [1.165, 1.54) is 4.88 Å². The van der Waals surface area contributed by atoms with Gasteiger partial charge in [0.25, 0.3) is 0 Å². The molecule has 2 aromatic rings. The van der Waals surface area contributed by atoms with Crippen LogP contribution >= 0.6 is 11.3 Å². The third-order valence-corrected chi connectivity index (χ3v) is 4.21. The number of hydrogen-bond acceptors (Lipinski definition) is 5. The largest absolute Gasteiger partial charge is 0.493 e. The maximum atomic E-state index is 5.72. The van der Waals surface area contributed by atoms with Gasteiger partial charge in [-0.05, 0) is 30.4 Å². The van der Waals surface area contributed by atoms with Crippen molar-refractivity contribution in [1.29, 1.82) is 0 Å². The molecule has 4 nitrogen and oxygen atoms in total. The van der Waals surface area contributed by atoms with Crippen LogP contribution in [0.3, 0.4) is 0 Å². The first-order valence-electron chi connectivity index (χ1n) is 6.49. The van der Waals surface area contributed by atoms with Crippen molar-refractivity contribution >= 4 is 11.3 Å². The van der Waals surface area contributed by atoms with Crippen LogP contribution in [0.1, 0.15) is 22.9 Å². The lowest BCUT2D eigenvalue weighted by molar-refractivity contribution is 0.345. The minimum atomic E-state index is 0.0298. The highest BCUT2D eigenvalue weighted by atomic mass is 32.1. The summed E-state index contributed by atoms with van der Waals surface area (Å²) in [7, 11) is 3.28. The Balaban J connectivity index is 2.18. The summed E-state index contributed by atoms with van der Waals surface area (Å²) in [6.07, 6.45) is 1.88. The van der Waals surface area contributed by atoms with E-state index in [4.69, 9.17) is 15.3 Å². The number of hydrazine groups is 1. The van der Waals surface area contributed by atoms with Gasteiger partial charge in [0, 0.05) is 10.4 Å². The van der Waals surface area contributed by atoms with E-state index in [0.717, 1.165) is 29.9 Å². The number of benzene rings is 1. The van der Waals surface area contributed by atoms with Crippen LogP contribution in [0.15, 0.2) is 35.7 Å². The van der Waals surface area contributed by atoms with Crippen LogP contribution in [0.4, 0.5) is 0 Å². The monoisotopic (exact) mass is 292 g/mol. The first-order chi connectivity index (χ1) is 9.80. The Kier molecular flexibility index (Phi) is 5.40. The summed E-state index contributed by atoms with van der Waals surface area (Å²) in [6, 6.07) is 10.1. The minimum Gasteiger partial charge on any atom is -0.493 e. The molecule has 0 fully saturated rings. The molecular formula is C15H20N2O2S. The molecule has 0 bridgehead atoms. The number of nitrogens with one attached hydrogen (secondary N) is 1. The summed E-state index contributed by atoms with van der Waals surface area (Å²) in [4.78, 5) is 1.35. The second kappa shape index (κ2) is 7.28. The molecule has 1 aromatic heterocycles. The zero-order valence-electron chi connectivity index (χ0n) is 11.8. The summed E-state index contributed by atoms with van der Waals surface area (Å²) in [6.45, 7) is 0. The zero-order valence-corrected chi connectivity index (χ0v) is 12.6. The molecule has 0 aliphatic heterocycles. The van der Waals surface area contributed by atoms with Crippen LogP contribution in [0.2, 0.25) is 0 Å². The Morgan fingerprint density at radius 3 is 2.65 bits per heavy atom. The van der Waals surface area contributed by atoms with Crippen LogP contribution in [0.5, 0.6) is 11.5 Å². The average molecular weight is 292 g/mol. The van der Waals surface area contributed by atoms with E-state index >= 15 is 0 Å². The van der Waals surface area contributed by atoms with Gasteiger partial charge in [0.2, 0.25) is 0 Å². The number of methoxy groups -OCH3 is 2. The van der Waals surface area contributed by atoms with Crippen LogP contribution in [0.25, 0.3) is 0 Å². The maximum Gasteiger partial charge on any atom is 0.165 e. The lowest BCUT2D eigenvalue weighted by atomic mass is 10.0. The number of nitrogens with two attached hydrogens (primary N) is 1. The number of rotatable bonds is 7. The lowest BCUT2D eigenvalue weighted by Gasteiger charge is -2.20. The fourth-order valence-electron chi connectivity index (χ4n) is 2.26. The molecule has 1 atom stereocenters. The van der Waals surface area contributed by atoms with Crippen molar-refractivity contribution in [2.75, 3.05) is 14.2 Å². The Morgan fingerprint density at radius 2 is 2.05 bits per heavy atom. The average Bonchev–Trinajstić information content (AvgIpc) is 3.00. The van der Waals surface area contributed by atoms with Crippen LogP contribution in [-0.4, -0.2) is 14.2 Å². The minimum absolute atomic E-state index is 0.0298.